The number of rotatable bonds is 21. The van der Waals surface area contributed by atoms with Gasteiger partial charge in [-0.3, -0.25) is 9.59 Å². The van der Waals surface area contributed by atoms with Gasteiger partial charge in [-0.2, -0.15) is 0 Å². The lowest BCUT2D eigenvalue weighted by atomic mass is 9.94. The van der Waals surface area contributed by atoms with Crippen molar-refractivity contribution in [2.45, 2.75) is 102 Å². The van der Waals surface area contributed by atoms with Crippen molar-refractivity contribution < 1.29 is 52.6 Å². The quantitative estimate of drug-likeness (QED) is 0.0975. The Hall–Kier alpha value is -4.80. The normalized spacial score (nSPS) is 26.5. The third-order valence-electron chi connectivity index (χ3n) is 10.1. The Bertz CT molecular complexity index is 1870. The van der Waals surface area contributed by atoms with Gasteiger partial charge in [0.15, 0.2) is 12.6 Å². The smallest absolute Gasteiger partial charge is 0.217 e. The predicted octanol–water partition coefficient (Wildman–Crippen LogP) is 5.00. The van der Waals surface area contributed by atoms with E-state index in [0.29, 0.717) is 6.61 Å². The van der Waals surface area contributed by atoms with Crippen LogP contribution in [0.3, 0.4) is 0 Å². The SMILES string of the molecule is C=CCO[C@@H]1[C@H](NC(C)=O)[C@@H](O)O[C@H](COCc2ccccc2)[C@H]1O[C@@H]1O[C@H](COCc2ccccc2)[C@@H](OCc2ccccc2)[C@H](OCc2ccccc2)[C@@H]1NC(C)=O. The summed E-state index contributed by atoms with van der Waals surface area (Å²) in [6.45, 7) is 7.60. The van der Waals surface area contributed by atoms with Crippen LogP contribution in [0.2, 0.25) is 0 Å². The minimum atomic E-state index is -1.48. The van der Waals surface area contributed by atoms with E-state index in [0.717, 1.165) is 22.3 Å². The molecule has 0 radical (unpaired) electrons. The van der Waals surface area contributed by atoms with Gasteiger partial charge in [0.1, 0.15) is 48.7 Å². The zero-order valence-electron chi connectivity index (χ0n) is 34.1. The fourth-order valence-electron chi connectivity index (χ4n) is 7.35. The number of hydrogen-bond acceptors (Lipinski definition) is 11. The first-order chi connectivity index (χ1) is 29.3. The summed E-state index contributed by atoms with van der Waals surface area (Å²) in [6, 6.07) is 36.8. The highest BCUT2D eigenvalue weighted by atomic mass is 16.7. The number of carbonyl (C=O) groups excluding carboxylic acids is 2. The lowest BCUT2D eigenvalue weighted by Gasteiger charge is -2.50. The van der Waals surface area contributed by atoms with Crippen LogP contribution in [0.1, 0.15) is 36.1 Å². The van der Waals surface area contributed by atoms with Crippen LogP contribution in [0.5, 0.6) is 0 Å². The van der Waals surface area contributed by atoms with E-state index in [1.54, 1.807) is 6.08 Å². The molecule has 3 N–H and O–H groups in total. The molecule has 4 aromatic carbocycles. The first kappa shape index (κ1) is 44.7. The maximum Gasteiger partial charge on any atom is 0.217 e. The molecule has 2 fully saturated rings. The molecule has 0 saturated carbocycles. The van der Waals surface area contributed by atoms with Crippen molar-refractivity contribution in [1.82, 2.24) is 10.6 Å². The van der Waals surface area contributed by atoms with E-state index in [1.807, 2.05) is 121 Å². The van der Waals surface area contributed by atoms with Gasteiger partial charge in [0.05, 0.1) is 46.2 Å². The summed E-state index contributed by atoms with van der Waals surface area (Å²) in [5.41, 5.74) is 3.74. The van der Waals surface area contributed by atoms with E-state index < -0.39 is 67.2 Å². The molecule has 0 aromatic heterocycles. The van der Waals surface area contributed by atoms with Gasteiger partial charge in [0.25, 0.3) is 0 Å². The van der Waals surface area contributed by atoms with E-state index in [4.69, 9.17) is 37.9 Å². The van der Waals surface area contributed by atoms with Crippen molar-refractivity contribution in [3.8, 4) is 0 Å². The van der Waals surface area contributed by atoms with Gasteiger partial charge in [0, 0.05) is 13.8 Å². The number of carbonyl (C=O) groups is 2. The molecule has 60 heavy (non-hydrogen) atoms. The van der Waals surface area contributed by atoms with Crippen molar-refractivity contribution in [2.75, 3.05) is 19.8 Å². The molecule has 0 bridgehead atoms. The zero-order chi connectivity index (χ0) is 42.1. The molecule has 13 nitrogen and oxygen atoms in total. The number of hydrogen-bond donors (Lipinski definition) is 3. The van der Waals surface area contributed by atoms with Crippen LogP contribution in [0.4, 0.5) is 0 Å². The van der Waals surface area contributed by atoms with Crippen molar-refractivity contribution in [1.29, 1.82) is 0 Å². The van der Waals surface area contributed by atoms with E-state index in [-0.39, 0.29) is 45.5 Å². The highest BCUT2D eigenvalue weighted by Crippen LogP contribution is 2.34. The first-order valence-electron chi connectivity index (χ1n) is 20.2. The first-order valence-corrected chi connectivity index (χ1v) is 20.2. The third kappa shape index (κ3) is 13.1. The van der Waals surface area contributed by atoms with Gasteiger partial charge in [0.2, 0.25) is 11.8 Å². The molecule has 2 saturated heterocycles. The Kier molecular flexibility index (Phi) is 17.4. The van der Waals surface area contributed by atoms with E-state index in [2.05, 4.69) is 17.2 Å². The summed E-state index contributed by atoms with van der Waals surface area (Å²) >= 11 is 0. The maximum absolute atomic E-state index is 13.1. The van der Waals surface area contributed by atoms with Gasteiger partial charge in [-0.1, -0.05) is 127 Å². The van der Waals surface area contributed by atoms with Crippen molar-refractivity contribution >= 4 is 11.8 Å². The van der Waals surface area contributed by atoms with Crippen LogP contribution in [-0.4, -0.2) is 98.0 Å². The Labute approximate surface area is 351 Å². The summed E-state index contributed by atoms with van der Waals surface area (Å²) in [7, 11) is 0. The Balaban J connectivity index is 1.36. The third-order valence-corrected chi connectivity index (χ3v) is 10.1. The van der Waals surface area contributed by atoms with E-state index in [9.17, 15) is 14.7 Å². The molecule has 4 aromatic rings. The number of ether oxygens (including phenoxy) is 8. The number of aliphatic hydroxyl groups excluding tert-OH is 1. The average Bonchev–Trinajstić information content (AvgIpc) is 3.25. The van der Waals surface area contributed by atoms with Crippen LogP contribution in [-0.2, 0) is 73.9 Å². The molecule has 0 unspecified atom stereocenters. The number of amides is 2. The van der Waals surface area contributed by atoms with E-state index >= 15 is 0 Å². The summed E-state index contributed by atoms with van der Waals surface area (Å²) in [4.78, 5) is 25.6. The van der Waals surface area contributed by atoms with Crippen LogP contribution >= 0.6 is 0 Å². The minimum Gasteiger partial charge on any atom is -0.374 e. The maximum atomic E-state index is 13.1. The molecular formula is C47H56N2O11. The van der Waals surface area contributed by atoms with Crippen LogP contribution in [0.15, 0.2) is 134 Å². The number of benzene rings is 4. The van der Waals surface area contributed by atoms with Crippen molar-refractivity contribution in [2.24, 2.45) is 0 Å². The molecule has 320 valence electrons. The monoisotopic (exact) mass is 824 g/mol. The molecule has 2 heterocycles. The lowest BCUT2D eigenvalue weighted by Crippen LogP contribution is -2.70. The molecule has 2 aliphatic heterocycles. The van der Waals surface area contributed by atoms with Crippen LogP contribution < -0.4 is 10.6 Å². The Morgan fingerprint density at radius 1 is 0.583 bits per heavy atom. The Morgan fingerprint density at radius 3 is 1.47 bits per heavy atom. The largest absolute Gasteiger partial charge is 0.374 e. The second kappa shape index (κ2) is 23.3. The standard InChI is InChI=1S/C47H56N2O11/c1-4-25-55-44-40(48-32(2)50)46(52)58-39(31-54-27-35-19-11-6-12-20-35)43(44)60-47-41(49-33(3)51)45(57-29-37-23-15-8-16-24-37)42(56-28-36-21-13-7-14-22-36)38(59-47)30-53-26-34-17-9-5-10-18-34/h4-24,38-47,52H,1,25-31H2,2-3H3,(H,48,50)(H,49,51)/t38-,39-,40+,41+,42-,43-,44-,45-,46+,47+/m1/s1. The topological polar surface area (TPSA) is 152 Å². The molecule has 10 atom stereocenters. The fourth-order valence-corrected chi connectivity index (χ4v) is 7.35. The summed E-state index contributed by atoms with van der Waals surface area (Å²) < 4.78 is 52.2. The van der Waals surface area contributed by atoms with Gasteiger partial charge in [-0.25, -0.2) is 0 Å². The van der Waals surface area contributed by atoms with Gasteiger partial charge < -0.3 is 53.6 Å². The second-order valence-electron chi connectivity index (χ2n) is 14.8. The molecule has 0 spiro atoms. The average molecular weight is 825 g/mol. The second-order valence-corrected chi connectivity index (χ2v) is 14.8. The Morgan fingerprint density at radius 2 is 1.00 bits per heavy atom. The number of nitrogens with one attached hydrogen (secondary N) is 2. The lowest BCUT2D eigenvalue weighted by molar-refractivity contribution is -0.339. The molecule has 6 rings (SSSR count). The molecular weight excluding hydrogens is 769 g/mol. The minimum absolute atomic E-state index is 0.0325. The highest BCUT2D eigenvalue weighted by molar-refractivity contribution is 5.73. The summed E-state index contributed by atoms with van der Waals surface area (Å²) in [5.74, 6) is -0.777. The molecule has 13 heteroatoms. The summed E-state index contributed by atoms with van der Waals surface area (Å²) in [5, 5.41) is 17.1. The van der Waals surface area contributed by atoms with Crippen LogP contribution in [0, 0.1) is 0 Å². The fraction of sp³-hybridized carbons (Fsp3) is 0.404. The zero-order valence-corrected chi connectivity index (χ0v) is 34.1. The highest BCUT2D eigenvalue weighted by Gasteiger charge is 2.53. The van der Waals surface area contributed by atoms with Crippen LogP contribution in [0.25, 0.3) is 0 Å². The van der Waals surface area contributed by atoms with Crippen molar-refractivity contribution in [3.63, 3.8) is 0 Å². The molecule has 2 amide bonds. The predicted molar refractivity (Wildman–Crippen MR) is 222 cm³/mol. The molecule has 2 aliphatic rings. The van der Waals surface area contributed by atoms with Crippen molar-refractivity contribution in [3.05, 3.63) is 156 Å². The van der Waals surface area contributed by atoms with E-state index in [1.165, 1.54) is 13.8 Å². The number of aliphatic hydroxyl groups is 1. The summed E-state index contributed by atoms with van der Waals surface area (Å²) in [6.07, 6.45) is -6.50. The van der Waals surface area contributed by atoms with Gasteiger partial charge in [-0.05, 0) is 22.3 Å². The van der Waals surface area contributed by atoms with Gasteiger partial charge >= 0.3 is 0 Å². The molecule has 0 aliphatic carbocycles. The van der Waals surface area contributed by atoms with Gasteiger partial charge in [-0.15, -0.1) is 6.58 Å².